The van der Waals surface area contributed by atoms with E-state index >= 15 is 0 Å². The van der Waals surface area contributed by atoms with E-state index in [1.54, 1.807) is 0 Å². The molecule has 0 fully saturated rings. The Balaban J connectivity index is 5.46. The Kier molecular flexibility index (Phi) is 71.4. The Morgan fingerprint density at radius 3 is 0.873 bits per heavy atom. The van der Waals surface area contributed by atoms with Crippen molar-refractivity contribution >= 4 is 39.5 Å². The van der Waals surface area contributed by atoms with Gasteiger partial charge in [0.1, 0.15) is 19.3 Å². The van der Waals surface area contributed by atoms with Crippen LogP contribution in [0.3, 0.4) is 0 Å². The Morgan fingerprint density at radius 2 is 0.539 bits per heavy atom. The molecule has 0 aromatic rings. The molecular formula is C83H142O17P2. The van der Waals surface area contributed by atoms with E-state index in [9.17, 15) is 43.2 Å². The fourth-order valence-corrected chi connectivity index (χ4v) is 12.0. The number of rotatable bonds is 74. The van der Waals surface area contributed by atoms with Gasteiger partial charge in [0.15, 0.2) is 12.2 Å². The highest BCUT2D eigenvalue weighted by atomic mass is 31.2. The summed E-state index contributed by atoms with van der Waals surface area (Å²) >= 11 is 0. The van der Waals surface area contributed by atoms with Gasteiger partial charge >= 0.3 is 39.5 Å². The zero-order valence-electron chi connectivity index (χ0n) is 64.0. The normalized spacial score (nSPS) is 14.5. The number of esters is 4. The lowest BCUT2D eigenvalue weighted by Crippen LogP contribution is -2.30. The average Bonchev–Trinajstić information content (AvgIpc) is 1.04. The molecule has 0 heterocycles. The minimum atomic E-state index is -5.00. The monoisotopic (exact) mass is 1470 g/mol. The summed E-state index contributed by atoms with van der Waals surface area (Å²) < 4.78 is 68.4. The van der Waals surface area contributed by atoms with Crippen molar-refractivity contribution in [2.45, 2.75) is 341 Å². The van der Waals surface area contributed by atoms with Crippen molar-refractivity contribution in [1.82, 2.24) is 0 Å². The molecule has 17 nitrogen and oxygen atoms in total. The zero-order valence-corrected chi connectivity index (χ0v) is 65.8. The lowest BCUT2D eigenvalue weighted by atomic mass is 10.0. The molecule has 0 bridgehead atoms. The highest BCUT2D eigenvalue weighted by Crippen LogP contribution is 2.45. The predicted octanol–water partition coefficient (Wildman–Crippen LogP) is 23.1. The number of phosphoric acid groups is 2. The van der Waals surface area contributed by atoms with Crippen molar-refractivity contribution in [3.8, 4) is 0 Å². The highest BCUT2D eigenvalue weighted by Gasteiger charge is 2.30. The summed E-state index contributed by atoms with van der Waals surface area (Å²) in [7, 11) is -9.99. The van der Waals surface area contributed by atoms with Crippen LogP contribution in [0.4, 0.5) is 0 Å². The summed E-state index contributed by atoms with van der Waals surface area (Å²) in [5.41, 5.74) is 0. The molecule has 0 rings (SSSR count). The van der Waals surface area contributed by atoms with Crippen LogP contribution in [0, 0.1) is 0 Å². The first kappa shape index (κ1) is 97.5. The second-order valence-electron chi connectivity index (χ2n) is 26.3. The molecule has 0 saturated carbocycles. The van der Waals surface area contributed by atoms with E-state index in [1.165, 1.54) is 128 Å². The number of unbranched alkanes of at least 4 members (excludes halogenated alkanes) is 28. The topological polar surface area (TPSA) is 237 Å². The number of hydrogen-bond acceptors (Lipinski definition) is 15. The molecule has 0 radical (unpaired) electrons. The van der Waals surface area contributed by atoms with Crippen LogP contribution in [0.25, 0.3) is 0 Å². The van der Waals surface area contributed by atoms with Crippen molar-refractivity contribution in [2.75, 3.05) is 39.6 Å². The second-order valence-corrected chi connectivity index (χ2v) is 29.2. The highest BCUT2D eigenvalue weighted by molar-refractivity contribution is 7.47. The number of allylic oxidation sites excluding steroid dienone is 20. The van der Waals surface area contributed by atoms with Gasteiger partial charge in [0, 0.05) is 25.7 Å². The maximum atomic E-state index is 13.1. The van der Waals surface area contributed by atoms with Gasteiger partial charge < -0.3 is 33.8 Å². The van der Waals surface area contributed by atoms with Crippen LogP contribution in [0.2, 0.25) is 0 Å². The largest absolute Gasteiger partial charge is 0.472 e. The van der Waals surface area contributed by atoms with Crippen LogP contribution >= 0.6 is 15.6 Å². The Morgan fingerprint density at radius 1 is 0.284 bits per heavy atom. The van der Waals surface area contributed by atoms with Crippen molar-refractivity contribution in [3.63, 3.8) is 0 Å². The third-order valence-corrected chi connectivity index (χ3v) is 18.4. The minimum absolute atomic E-state index is 0.0177. The third kappa shape index (κ3) is 73.8. The number of aliphatic hydroxyl groups is 1. The van der Waals surface area contributed by atoms with Crippen molar-refractivity contribution < 1.29 is 80.2 Å². The van der Waals surface area contributed by atoms with Gasteiger partial charge in [-0.3, -0.25) is 37.3 Å². The molecule has 0 aliphatic heterocycles. The van der Waals surface area contributed by atoms with Gasteiger partial charge in [0.25, 0.3) is 0 Å². The molecule has 19 heteroatoms. The van der Waals surface area contributed by atoms with E-state index in [0.29, 0.717) is 38.5 Å². The minimum Gasteiger partial charge on any atom is -0.462 e. The maximum Gasteiger partial charge on any atom is 0.472 e. The van der Waals surface area contributed by atoms with Gasteiger partial charge in [-0.15, -0.1) is 0 Å². The van der Waals surface area contributed by atoms with Crippen molar-refractivity contribution in [3.05, 3.63) is 122 Å². The number of carbonyl (C=O) groups is 4. The molecule has 0 aliphatic rings. The van der Waals surface area contributed by atoms with Crippen LogP contribution < -0.4 is 0 Å². The van der Waals surface area contributed by atoms with Gasteiger partial charge in [0.2, 0.25) is 0 Å². The van der Waals surface area contributed by atoms with Crippen LogP contribution in [0.5, 0.6) is 0 Å². The van der Waals surface area contributed by atoms with E-state index in [1.807, 2.05) is 30.4 Å². The molecule has 0 spiro atoms. The molecule has 0 saturated heterocycles. The fourth-order valence-electron chi connectivity index (χ4n) is 10.4. The molecule has 0 aliphatic carbocycles. The van der Waals surface area contributed by atoms with Crippen LogP contribution in [-0.4, -0.2) is 96.7 Å². The Hall–Kier alpha value is -4.54. The van der Waals surface area contributed by atoms with E-state index in [-0.39, 0.29) is 25.7 Å². The molecular weight excluding hydrogens is 1330 g/mol. The van der Waals surface area contributed by atoms with E-state index in [2.05, 4.69) is 119 Å². The summed E-state index contributed by atoms with van der Waals surface area (Å²) in [6.07, 6.45) is 82.0. The van der Waals surface area contributed by atoms with Crippen LogP contribution in [0.15, 0.2) is 122 Å². The number of aliphatic hydroxyl groups excluding tert-OH is 1. The first-order chi connectivity index (χ1) is 49.7. The first-order valence-corrected chi connectivity index (χ1v) is 42.8. The van der Waals surface area contributed by atoms with Gasteiger partial charge in [-0.05, 0) is 103 Å². The van der Waals surface area contributed by atoms with E-state index in [0.717, 1.165) is 103 Å². The summed E-state index contributed by atoms with van der Waals surface area (Å²) in [4.78, 5) is 72.9. The van der Waals surface area contributed by atoms with Crippen molar-refractivity contribution in [2.24, 2.45) is 0 Å². The first-order valence-electron chi connectivity index (χ1n) is 39.8. The van der Waals surface area contributed by atoms with Crippen molar-refractivity contribution in [1.29, 1.82) is 0 Å². The van der Waals surface area contributed by atoms with Crippen LogP contribution in [0.1, 0.15) is 323 Å². The van der Waals surface area contributed by atoms with Gasteiger partial charge in [-0.1, -0.05) is 316 Å². The lowest BCUT2D eigenvalue weighted by molar-refractivity contribution is -0.161. The Bertz CT molecular complexity index is 2410. The predicted molar refractivity (Wildman–Crippen MR) is 418 cm³/mol. The molecule has 2 unspecified atom stereocenters. The molecule has 0 aromatic heterocycles. The SMILES string of the molecule is CC/C=C\C/C=C\C/C=C\C/C=C\C/C=C\C/C=C\CCC(=O)O[C@H](COC(=O)CCCCCCCCCCCCCCC)COP(=O)(O)OC[C@@H](O)COP(=O)(O)OC[C@@H](COC(=O)CCCCCCCCCCCCCCC)OC(=O)CCC/C=C\C/C=C\C/C=C\C/C=C\CCCCC. The lowest BCUT2D eigenvalue weighted by Gasteiger charge is -2.21. The Labute approximate surface area is 619 Å². The standard InChI is InChI=1S/C83H142O17P2/c1-5-9-13-17-21-25-29-33-35-37-38-40-42-46-50-54-58-62-66-70-83(88)100-79(74-94-81(86)68-64-60-56-52-48-44-32-28-24-20-16-12-8-4)76-98-102(91,92)96-72-77(84)71-95-101(89,90)97-75-78(73-93-80(85)67-63-59-55-51-47-43-31-27-23-19-15-11-7-3)99-82(87)69-65-61-57-53-49-45-41-39-36-34-30-26-22-18-14-10-6-2/h9,13,21-22,25-26,33-36,38,40-41,45-46,50,53,57-58,62,77-79,84H,5-8,10-12,14-20,23-24,27-32,37,39,42-44,47-49,51-52,54-56,59-61,63-76H2,1-4H3,(H,89,90)(H,91,92)/b13-9-,25-21-,26-22-,35-33-,36-34-,40-38-,45-41-,50-46-,57-53-,62-58-/t77-,78+,79+/m0/s1. The summed E-state index contributed by atoms with van der Waals surface area (Å²) in [5.74, 6) is -2.33. The molecule has 5 atom stereocenters. The molecule has 0 amide bonds. The average molecular weight is 1470 g/mol. The number of carbonyl (C=O) groups excluding carboxylic acids is 4. The molecule has 3 N–H and O–H groups in total. The van der Waals surface area contributed by atoms with E-state index in [4.69, 9.17) is 37.0 Å². The fraction of sp³-hybridized carbons (Fsp3) is 0.711. The smallest absolute Gasteiger partial charge is 0.462 e. The summed E-state index contributed by atoms with van der Waals surface area (Å²) in [6, 6.07) is 0. The molecule has 586 valence electrons. The number of ether oxygens (including phenoxy) is 4. The zero-order chi connectivity index (χ0) is 74.6. The van der Waals surface area contributed by atoms with E-state index < -0.39 is 97.5 Å². The van der Waals surface area contributed by atoms with Gasteiger partial charge in [0.05, 0.1) is 26.4 Å². The maximum absolute atomic E-state index is 13.1. The number of phosphoric ester groups is 2. The third-order valence-electron chi connectivity index (χ3n) is 16.5. The quantitative estimate of drug-likeness (QED) is 0.0169. The summed E-state index contributed by atoms with van der Waals surface area (Å²) in [6.45, 7) is 4.61. The molecule has 0 aromatic carbocycles. The molecule has 102 heavy (non-hydrogen) atoms. The second kappa shape index (κ2) is 74.7. The van der Waals surface area contributed by atoms with Gasteiger partial charge in [-0.25, -0.2) is 9.13 Å². The van der Waals surface area contributed by atoms with Crippen LogP contribution in [-0.2, 0) is 65.4 Å². The summed E-state index contributed by atoms with van der Waals surface area (Å²) in [5, 5.41) is 10.6. The van der Waals surface area contributed by atoms with Gasteiger partial charge in [-0.2, -0.15) is 0 Å². The number of hydrogen-bond donors (Lipinski definition) is 3.